The molecule has 1 aliphatic rings. The van der Waals surface area contributed by atoms with Gasteiger partial charge in [0.1, 0.15) is 17.9 Å². The third kappa shape index (κ3) is 3.56. The van der Waals surface area contributed by atoms with Crippen molar-refractivity contribution < 1.29 is 19.0 Å². The second kappa shape index (κ2) is 6.60. The smallest absolute Gasteiger partial charge is 0.328 e. The molecule has 1 saturated heterocycles. The Balaban J connectivity index is 1.66. The van der Waals surface area contributed by atoms with Crippen molar-refractivity contribution in [2.75, 3.05) is 12.4 Å². The number of hydrogen-bond acceptors (Lipinski definition) is 5. The summed E-state index contributed by atoms with van der Waals surface area (Å²) in [6.45, 7) is 1.89. The van der Waals surface area contributed by atoms with E-state index in [0.29, 0.717) is 23.7 Å². The second-order valence-corrected chi connectivity index (χ2v) is 5.46. The molecule has 5 heteroatoms. The van der Waals surface area contributed by atoms with E-state index < -0.39 is 0 Å². The van der Waals surface area contributed by atoms with Crippen LogP contribution < -0.4 is 14.8 Å². The molecule has 23 heavy (non-hydrogen) atoms. The van der Waals surface area contributed by atoms with E-state index in [9.17, 15) is 4.79 Å². The Morgan fingerprint density at radius 3 is 2.39 bits per heavy atom. The van der Waals surface area contributed by atoms with Gasteiger partial charge in [0.05, 0.1) is 7.11 Å². The van der Waals surface area contributed by atoms with Gasteiger partial charge in [-0.3, -0.25) is 0 Å². The third-order valence-corrected chi connectivity index (χ3v) is 3.66. The average Bonchev–Trinajstić information content (AvgIpc) is 2.87. The number of esters is 1. The van der Waals surface area contributed by atoms with E-state index in [1.54, 1.807) is 7.11 Å². The van der Waals surface area contributed by atoms with Crippen molar-refractivity contribution >= 4 is 11.7 Å². The van der Waals surface area contributed by atoms with E-state index in [1.165, 1.54) is 0 Å². The molecule has 0 aliphatic carbocycles. The lowest BCUT2D eigenvalue weighted by Crippen LogP contribution is -2.24. The predicted molar refractivity (Wildman–Crippen MR) is 87.1 cm³/mol. The highest BCUT2D eigenvalue weighted by Gasteiger charge is 2.31. The van der Waals surface area contributed by atoms with E-state index in [1.807, 2.05) is 55.5 Å². The van der Waals surface area contributed by atoms with Crippen LogP contribution in [0.4, 0.5) is 5.69 Å². The monoisotopic (exact) mass is 313 g/mol. The fourth-order valence-electron chi connectivity index (χ4n) is 2.53. The topological polar surface area (TPSA) is 56.8 Å². The summed E-state index contributed by atoms with van der Waals surface area (Å²) in [5.74, 6) is 1.83. The first-order valence-electron chi connectivity index (χ1n) is 7.53. The zero-order chi connectivity index (χ0) is 16.2. The van der Waals surface area contributed by atoms with Gasteiger partial charge >= 0.3 is 5.97 Å². The number of methoxy groups -OCH3 is 1. The van der Waals surface area contributed by atoms with Crippen LogP contribution in [0, 0.1) is 0 Å². The van der Waals surface area contributed by atoms with Crippen LogP contribution in [-0.4, -0.2) is 25.2 Å². The Morgan fingerprint density at radius 1 is 1.09 bits per heavy atom. The zero-order valence-electron chi connectivity index (χ0n) is 13.1. The van der Waals surface area contributed by atoms with E-state index in [2.05, 4.69) is 5.32 Å². The van der Waals surface area contributed by atoms with Gasteiger partial charge in [0, 0.05) is 12.1 Å². The van der Waals surface area contributed by atoms with Gasteiger partial charge in [-0.05, 0) is 43.3 Å². The molecule has 0 bridgehead atoms. The lowest BCUT2D eigenvalue weighted by Gasteiger charge is -2.12. The summed E-state index contributed by atoms with van der Waals surface area (Å²) in [5, 5.41) is 3.18. The standard InChI is InChI=1S/C18H19NO4/c1-12-11-15(18(20)22-12)19-13-7-9-14(10-8-13)23-17-6-4-3-5-16(17)21-2/h3-10,12,15,19H,11H2,1-2H3/t12-,15-/m0/s1. The molecular weight excluding hydrogens is 294 g/mol. The lowest BCUT2D eigenvalue weighted by molar-refractivity contribution is -0.141. The highest BCUT2D eigenvalue weighted by molar-refractivity contribution is 5.81. The molecular formula is C18H19NO4. The van der Waals surface area contributed by atoms with E-state index in [4.69, 9.17) is 14.2 Å². The van der Waals surface area contributed by atoms with Crippen LogP contribution >= 0.6 is 0 Å². The van der Waals surface area contributed by atoms with Crippen LogP contribution in [0.25, 0.3) is 0 Å². The normalized spacial score (nSPS) is 20.0. The molecule has 2 aromatic rings. The number of carbonyl (C=O) groups excluding carboxylic acids is 1. The van der Waals surface area contributed by atoms with Crippen LogP contribution in [0.3, 0.4) is 0 Å². The highest BCUT2D eigenvalue weighted by atomic mass is 16.6. The molecule has 1 N–H and O–H groups in total. The van der Waals surface area contributed by atoms with Gasteiger partial charge < -0.3 is 19.5 Å². The largest absolute Gasteiger partial charge is 0.493 e. The first kappa shape index (κ1) is 15.2. The summed E-state index contributed by atoms with van der Waals surface area (Å²) in [6.07, 6.45) is 0.645. The Hall–Kier alpha value is -2.69. The molecule has 0 amide bonds. The summed E-state index contributed by atoms with van der Waals surface area (Å²) in [7, 11) is 1.61. The molecule has 1 fully saturated rings. The summed E-state index contributed by atoms with van der Waals surface area (Å²) in [5.41, 5.74) is 0.855. The van der Waals surface area contributed by atoms with E-state index in [-0.39, 0.29) is 18.1 Å². The molecule has 3 rings (SSSR count). The number of carbonyl (C=O) groups is 1. The van der Waals surface area contributed by atoms with Gasteiger partial charge in [-0.1, -0.05) is 12.1 Å². The van der Waals surface area contributed by atoms with Crippen molar-refractivity contribution in [3.8, 4) is 17.2 Å². The maximum Gasteiger partial charge on any atom is 0.328 e. The number of nitrogens with one attached hydrogen (secondary N) is 1. The number of hydrogen-bond donors (Lipinski definition) is 1. The van der Waals surface area contributed by atoms with Crippen molar-refractivity contribution in [2.45, 2.75) is 25.5 Å². The van der Waals surface area contributed by atoms with Gasteiger partial charge in [0.15, 0.2) is 11.5 Å². The van der Waals surface area contributed by atoms with Crippen molar-refractivity contribution in [1.82, 2.24) is 0 Å². The van der Waals surface area contributed by atoms with Crippen LogP contribution in [-0.2, 0) is 9.53 Å². The Morgan fingerprint density at radius 2 is 1.78 bits per heavy atom. The highest BCUT2D eigenvalue weighted by Crippen LogP contribution is 2.31. The molecule has 2 atom stereocenters. The van der Waals surface area contributed by atoms with E-state index >= 15 is 0 Å². The minimum absolute atomic E-state index is 0.0341. The van der Waals surface area contributed by atoms with Gasteiger partial charge in [-0.2, -0.15) is 0 Å². The Kier molecular flexibility index (Phi) is 4.37. The molecule has 0 aromatic heterocycles. The maximum absolute atomic E-state index is 11.6. The molecule has 120 valence electrons. The number of benzene rings is 2. The van der Waals surface area contributed by atoms with Crippen molar-refractivity contribution in [2.24, 2.45) is 0 Å². The van der Waals surface area contributed by atoms with Crippen LogP contribution in [0.2, 0.25) is 0 Å². The summed E-state index contributed by atoms with van der Waals surface area (Å²) in [4.78, 5) is 11.6. The van der Waals surface area contributed by atoms with Gasteiger partial charge in [-0.15, -0.1) is 0 Å². The third-order valence-electron chi connectivity index (χ3n) is 3.66. The number of anilines is 1. The first-order chi connectivity index (χ1) is 11.2. The van der Waals surface area contributed by atoms with E-state index in [0.717, 1.165) is 5.69 Å². The molecule has 2 aromatic carbocycles. The molecule has 5 nitrogen and oxygen atoms in total. The van der Waals surface area contributed by atoms with Crippen molar-refractivity contribution in [3.63, 3.8) is 0 Å². The molecule has 0 unspecified atom stereocenters. The fourth-order valence-corrected chi connectivity index (χ4v) is 2.53. The minimum atomic E-state index is -0.286. The Labute approximate surface area is 135 Å². The molecule has 0 spiro atoms. The SMILES string of the molecule is COc1ccccc1Oc1ccc(N[C@H]2C[C@H](C)OC2=O)cc1. The van der Waals surface area contributed by atoms with Crippen molar-refractivity contribution in [3.05, 3.63) is 48.5 Å². The van der Waals surface area contributed by atoms with Gasteiger partial charge in [0.2, 0.25) is 0 Å². The quantitative estimate of drug-likeness (QED) is 0.855. The zero-order valence-corrected chi connectivity index (χ0v) is 13.1. The van der Waals surface area contributed by atoms with Crippen LogP contribution in [0.1, 0.15) is 13.3 Å². The first-order valence-corrected chi connectivity index (χ1v) is 7.53. The van der Waals surface area contributed by atoms with Crippen LogP contribution in [0.5, 0.6) is 17.2 Å². The molecule has 0 saturated carbocycles. The van der Waals surface area contributed by atoms with Gasteiger partial charge in [0.25, 0.3) is 0 Å². The summed E-state index contributed by atoms with van der Waals surface area (Å²) in [6, 6.07) is 14.6. The fraction of sp³-hybridized carbons (Fsp3) is 0.278. The van der Waals surface area contributed by atoms with Crippen molar-refractivity contribution in [1.29, 1.82) is 0 Å². The second-order valence-electron chi connectivity index (χ2n) is 5.46. The number of cyclic esters (lactones) is 1. The van der Waals surface area contributed by atoms with Gasteiger partial charge in [-0.25, -0.2) is 4.79 Å². The predicted octanol–water partition coefficient (Wildman–Crippen LogP) is 3.60. The molecule has 1 heterocycles. The Bertz CT molecular complexity index is 684. The average molecular weight is 313 g/mol. The summed E-state index contributed by atoms with van der Waals surface area (Å²) >= 11 is 0. The lowest BCUT2D eigenvalue weighted by atomic mass is 10.2. The maximum atomic E-state index is 11.6. The minimum Gasteiger partial charge on any atom is -0.493 e. The molecule has 0 radical (unpaired) electrons. The summed E-state index contributed by atoms with van der Waals surface area (Å²) < 4.78 is 16.2. The number of para-hydroxylation sites is 2. The number of ether oxygens (including phenoxy) is 3. The number of rotatable bonds is 5. The molecule has 1 aliphatic heterocycles. The van der Waals surface area contributed by atoms with Crippen LogP contribution in [0.15, 0.2) is 48.5 Å².